The van der Waals surface area contributed by atoms with Gasteiger partial charge >= 0.3 is 21.8 Å². The van der Waals surface area contributed by atoms with Gasteiger partial charge < -0.3 is 0 Å². The van der Waals surface area contributed by atoms with Crippen molar-refractivity contribution in [3.05, 3.63) is 0 Å². The van der Waals surface area contributed by atoms with Crippen molar-refractivity contribution in [1.82, 2.24) is 0 Å². The summed E-state index contributed by atoms with van der Waals surface area (Å²) in [5.41, 5.74) is 0. The van der Waals surface area contributed by atoms with Gasteiger partial charge in [-0.25, -0.2) is 0 Å². The molecule has 5 heavy (non-hydrogen) atoms. The van der Waals surface area contributed by atoms with Gasteiger partial charge in [0.25, 0.3) is 0 Å². The molecule has 5 heteroatoms. The fraction of sp³-hybridized carbons (Fsp3) is 0. The van der Waals surface area contributed by atoms with E-state index in [1.165, 1.54) is 0 Å². The molecular weight excluding hydrogens is 188 g/mol. The predicted octanol–water partition coefficient (Wildman–Crippen LogP) is 1.14. The van der Waals surface area contributed by atoms with Crippen molar-refractivity contribution in [2.45, 2.75) is 0 Å². The molecule has 0 aromatic rings. The Morgan fingerprint density at radius 3 is 0.800 bits per heavy atom. The van der Waals surface area contributed by atoms with Crippen molar-refractivity contribution in [3.8, 4) is 0 Å². The van der Waals surface area contributed by atoms with E-state index in [1.807, 2.05) is 0 Å². The molecule has 0 aromatic carbocycles. The van der Waals surface area contributed by atoms with Gasteiger partial charge in [-0.3, -0.25) is 0 Å². The number of hydrogen-bond acceptors (Lipinski definition) is 1. The van der Waals surface area contributed by atoms with Crippen LogP contribution in [0.5, 0.6) is 0 Å². The summed E-state index contributed by atoms with van der Waals surface area (Å²) in [5.74, 6) is 0. The molecule has 0 heterocycles. The first-order valence-electron chi connectivity index (χ1n) is 0.289. The molecule has 0 amide bonds. The molecule has 0 saturated heterocycles. The summed E-state index contributed by atoms with van der Waals surface area (Å²) in [5, 5.41) is 0. The average molecular weight is 191 g/mol. The maximum absolute atomic E-state index is 8.38. The van der Waals surface area contributed by atoms with Crippen LogP contribution < -0.4 is 0 Å². The van der Waals surface area contributed by atoms with Crippen LogP contribution in [0.4, 0.5) is 0 Å². The van der Waals surface area contributed by atoms with Crippen molar-refractivity contribution < 1.29 is 21.8 Å². The first-order chi connectivity index (χ1) is 1.00. The molecule has 0 N–H and O–H groups in total. The first kappa shape index (κ1) is 33.5. The molecule has 1 nitrogen and oxygen atoms in total. The summed E-state index contributed by atoms with van der Waals surface area (Å²) in [6.45, 7) is 0. The molecule has 0 rings (SSSR count). The summed E-state index contributed by atoms with van der Waals surface area (Å²) >= 11 is 0.125. The third-order valence-corrected chi connectivity index (χ3v) is 0. The van der Waals surface area contributed by atoms with Crippen LogP contribution in [0.1, 0.15) is 0 Å². The van der Waals surface area contributed by atoms with E-state index in [1.54, 1.807) is 0 Å². The molecule has 0 aliphatic carbocycles. The maximum atomic E-state index is 8.38. The van der Waals surface area contributed by atoms with Gasteiger partial charge in [0, 0.05) is 0 Å². The molecule has 0 unspecified atom stereocenters. The minimum absolute atomic E-state index is 0. The Balaban J connectivity index is -0.00000000167. The monoisotopic (exact) mass is 188 g/mol. The molecule has 0 fully saturated rings. The van der Waals surface area contributed by atoms with E-state index in [0.717, 1.165) is 0 Å². The van der Waals surface area contributed by atoms with Gasteiger partial charge in [-0.15, -0.1) is 37.2 Å². The standard InChI is InChI=1S/3ClH.O.Zn/h3*1H;;. The molecule has 0 atom stereocenters. The second-order valence-corrected chi connectivity index (χ2v) is 0. The van der Waals surface area contributed by atoms with Gasteiger partial charge in [-0.05, 0) is 0 Å². The van der Waals surface area contributed by atoms with Crippen molar-refractivity contribution in [3.63, 3.8) is 0 Å². The van der Waals surface area contributed by atoms with Crippen LogP contribution in [0.25, 0.3) is 0 Å². The fourth-order valence-electron chi connectivity index (χ4n) is 0. The Labute approximate surface area is 59.1 Å². The summed E-state index contributed by atoms with van der Waals surface area (Å²) in [7, 11) is 0. The van der Waals surface area contributed by atoms with E-state index in [0.29, 0.717) is 0 Å². The van der Waals surface area contributed by atoms with Gasteiger partial charge in [0.15, 0.2) is 0 Å². The van der Waals surface area contributed by atoms with Gasteiger partial charge in [0.1, 0.15) is 0 Å². The summed E-state index contributed by atoms with van der Waals surface area (Å²) in [6, 6.07) is 0. The molecule has 0 aliphatic heterocycles. The summed E-state index contributed by atoms with van der Waals surface area (Å²) < 4.78 is 8.38. The van der Waals surface area contributed by atoms with E-state index in [9.17, 15) is 0 Å². The van der Waals surface area contributed by atoms with Crippen LogP contribution in [0.2, 0.25) is 0 Å². The third-order valence-electron chi connectivity index (χ3n) is 0. The Hall–Kier alpha value is 1.29. The molecular formula is H3Cl3OZn. The second-order valence-electron chi connectivity index (χ2n) is 0. The Morgan fingerprint density at radius 1 is 0.800 bits per heavy atom. The second kappa shape index (κ2) is 58.3. The quantitative estimate of drug-likeness (QED) is 0.524. The van der Waals surface area contributed by atoms with Gasteiger partial charge in [0.2, 0.25) is 0 Å². The van der Waals surface area contributed by atoms with Crippen LogP contribution >= 0.6 is 37.2 Å². The van der Waals surface area contributed by atoms with Crippen molar-refractivity contribution >= 4 is 37.2 Å². The summed E-state index contributed by atoms with van der Waals surface area (Å²) in [6.07, 6.45) is 0. The molecule has 0 bridgehead atoms. The molecule has 0 saturated carbocycles. The Kier molecular flexibility index (Phi) is 391. The van der Waals surface area contributed by atoms with Crippen molar-refractivity contribution in [2.75, 3.05) is 0 Å². The van der Waals surface area contributed by atoms with Gasteiger partial charge in [-0.2, -0.15) is 0 Å². The Bertz CT molecular complexity index is 6.85. The summed E-state index contributed by atoms with van der Waals surface area (Å²) in [4.78, 5) is 0. The van der Waals surface area contributed by atoms with E-state index in [2.05, 4.69) is 0 Å². The van der Waals surface area contributed by atoms with Gasteiger partial charge in [-0.1, -0.05) is 0 Å². The van der Waals surface area contributed by atoms with Crippen LogP contribution in [-0.4, -0.2) is 0 Å². The van der Waals surface area contributed by atoms with Crippen LogP contribution in [-0.2, 0) is 21.8 Å². The van der Waals surface area contributed by atoms with Crippen LogP contribution in [0, 0.1) is 0 Å². The average Bonchev–Trinajstić information content (AvgIpc) is 1.00. The van der Waals surface area contributed by atoms with Gasteiger partial charge in [0.05, 0.1) is 0 Å². The Morgan fingerprint density at radius 2 is 0.800 bits per heavy atom. The zero-order valence-electron chi connectivity index (χ0n) is 2.34. The van der Waals surface area contributed by atoms with E-state index in [-0.39, 0.29) is 55.5 Å². The fourth-order valence-corrected chi connectivity index (χ4v) is 0. The number of rotatable bonds is 0. The van der Waals surface area contributed by atoms with Crippen LogP contribution in [0.15, 0.2) is 0 Å². The SMILES string of the molecule is Cl.Cl.Cl.[O]=[Zn]. The minimum atomic E-state index is 0. The normalized spacial score (nSPS) is 1.20. The molecule has 0 aromatic heterocycles. The van der Waals surface area contributed by atoms with E-state index < -0.39 is 0 Å². The molecule has 0 spiro atoms. The molecule has 0 aliphatic rings. The van der Waals surface area contributed by atoms with E-state index in [4.69, 9.17) is 3.57 Å². The van der Waals surface area contributed by atoms with Crippen LogP contribution in [0.3, 0.4) is 0 Å². The number of halogens is 3. The predicted molar refractivity (Wildman–Crippen MR) is 22.4 cm³/mol. The van der Waals surface area contributed by atoms with Crippen molar-refractivity contribution in [1.29, 1.82) is 0 Å². The first-order valence-corrected chi connectivity index (χ1v) is 1.50. The van der Waals surface area contributed by atoms with Crippen molar-refractivity contribution in [2.24, 2.45) is 0 Å². The van der Waals surface area contributed by atoms with E-state index >= 15 is 0 Å². The topological polar surface area (TPSA) is 17.1 Å². The zero-order chi connectivity index (χ0) is 2.00. The zero-order valence-corrected chi connectivity index (χ0v) is 7.76. The molecule has 0 radical (unpaired) electrons. The number of hydrogen-bond donors (Lipinski definition) is 0. The third kappa shape index (κ3) is 34.3. The molecule has 32 valence electrons.